The first-order valence-electron chi connectivity index (χ1n) is 6.99. The zero-order valence-electron chi connectivity index (χ0n) is 12.5. The lowest BCUT2D eigenvalue weighted by Gasteiger charge is -2.08. The van der Waals surface area contributed by atoms with Crippen LogP contribution in [0, 0.1) is 0 Å². The number of para-hydroxylation sites is 2. The van der Waals surface area contributed by atoms with Crippen LogP contribution in [0.25, 0.3) is 11.0 Å². The summed E-state index contributed by atoms with van der Waals surface area (Å²) in [5.41, 5.74) is 1.53. The molecule has 0 spiro atoms. The van der Waals surface area contributed by atoms with Gasteiger partial charge in [0, 0.05) is 0 Å². The van der Waals surface area contributed by atoms with E-state index < -0.39 is 0 Å². The van der Waals surface area contributed by atoms with Crippen LogP contribution in [0.4, 0.5) is 0 Å². The number of hydrogen-bond acceptors (Lipinski definition) is 6. The molecule has 6 nitrogen and oxygen atoms in total. The monoisotopic (exact) mass is 329 g/mol. The SMILES string of the molecule is COc1nc2ccccc2nc1SCC(=O)NCc1ccco1. The van der Waals surface area contributed by atoms with E-state index in [4.69, 9.17) is 9.15 Å². The first-order chi connectivity index (χ1) is 11.3. The molecule has 0 radical (unpaired) electrons. The molecule has 1 N–H and O–H groups in total. The van der Waals surface area contributed by atoms with Crippen molar-refractivity contribution in [1.82, 2.24) is 15.3 Å². The third kappa shape index (κ3) is 3.81. The molecule has 0 unspecified atom stereocenters. The Bertz CT molecular complexity index is 805. The fraction of sp³-hybridized carbons (Fsp3) is 0.188. The van der Waals surface area contributed by atoms with Crippen LogP contribution in [-0.4, -0.2) is 28.7 Å². The van der Waals surface area contributed by atoms with Crippen molar-refractivity contribution in [3.8, 4) is 5.88 Å². The molecule has 23 heavy (non-hydrogen) atoms. The maximum Gasteiger partial charge on any atom is 0.247 e. The first-order valence-corrected chi connectivity index (χ1v) is 7.97. The lowest BCUT2D eigenvalue weighted by atomic mass is 10.3. The molecule has 3 aromatic rings. The van der Waals surface area contributed by atoms with E-state index in [1.807, 2.05) is 30.3 Å². The molecule has 3 rings (SSSR count). The quantitative estimate of drug-likeness (QED) is 0.701. The van der Waals surface area contributed by atoms with Gasteiger partial charge in [-0.3, -0.25) is 4.79 Å². The van der Waals surface area contributed by atoms with E-state index >= 15 is 0 Å². The van der Waals surface area contributed by atoms with Crippen molar-refractivity contribution in [2.24, 2.45) is 0 Å². The first kappa shape index (κ1) is 15.4. The van der Waals surface area contributed by atoms with Gasteiger partial charge in [-0.25, -0.2) is 9.97 Å². The lowest BCUT2D eigenvalue weighted by molar-refractivity contribution is -0.118. The van der Waals surface area contributed by atoms with E-state index in [-0.39, 0.29) is 11.7 Å². The second-order valence-corrected chi connectivity index (χ2v) is 5.64. The summed E-state index contributed by atoms with van der Waals surface area (Å²) < 4.78 is 10.4. The number of carbonyl (C=O) groups excluding carboxylic acids is 1. The van der Waals surface area contributed by atoms with E-state index in [1.54, 1.807) is 19.4 Å². The summed E-state index contributed by atoms with van der Waals surface area (Å²) in [4.78, 5) is 20.8. The van der Waals surface area contributed by atoms with Crippen LogP contribution in [0.5, 0.6) is 5.88 Å². The van der Waals surface area contributed by atoms with Gasteiger partial charge in [-0.2, -0.15) is 0 Å². The number of thioether (sulfide) groups is 1. The Balaban J connectivity index is 1.64. The summed E-state index contributed by atoms with van der Waals surface area (Å²) in [6.07, 6.45) is 1.58. The zero-order chi connectivity index (χ0) is 16.1. The maximum atomic E-state index is 11.9. The number of nitrogens with one attached hydrogen (secondary N) is 1. The summed E-state index contributed by atoms with van der Waals surface area (Å²) in [5.74, 6) is 1.26. The lowest BCUT2D eigenvalue weighted by Crippen LogP contribution is -2.24. The highest BCUT2D eigenvalue weighted by atomic mass is 32.2. The number of aromatic nitrogens is 2. The molecule has 0 fully saturated rings. The minimum atomic E-state index is -0.108. The molecule has 1 aromatic carbocycles. The molecule has 2 heterocycles. The van der Waals surface area contributed by atoms with Crippen molar-refractivity contribution in [3.63, 3.8) is 0 Å². The van der Waals surface area contributed by atoms with E-state index in [0.29, 0.717) is 23.2 Å². The van der Waals surface area contributed by atoms with Crippen molar-refractivity contribution in [1.29, 1.82) is 0 Å². The summed E-state index contributed by atoms with van der Waals surface area (Å²) >= 11 is 1.29. The Kier molecular flexibility index (Phi) is 4.77. The third-order valence-electron chi connectivity index (χ3n) is 3.08. The highest BCUT2D eigenvalue weighted by Gasteiger charge is 2.12. The number of hydrogen-bond donors (Lipinski definition) is 1. The number of rotatable bonds is 6. The molecule has 0 aliphatic heterocycles. The molecule has 118 valence electrons. The van der Waals surface area contributed by atoms with E-state index in [9.17, 15) is 4.79 Å². The minimum absolute atomic E-state index is 0.108. The fourth-order valence-corrected chi connectivity index (χ4v) is 2.76. The standard InChI is InChI=1S/C16H15N3O3S/c1-21-15-16(19-13-7-3-2-6-12(13)18-15)23-10-14(20)17-9-11-5-4-8-22-11/h2-8H,9-10H2,1H3,(H,17,20). The van der Waals surface area contributed by atoms with E-state index in [1.165, 1.54) is 11.8 Å². The average Bonchev–Trinajstić information content (AvgIpc) is 3.10. The number of methoxy groups -OCH3 is 1. The number of nitrogens with zero attached hydrogens (tertiary/aromatic N) is 2. The molecular formula is C16H15N3O3S. The van der Waals surface area contributed by atoms with Gasteiger partial charge in [-0.15, -0.1) is 0 Å². The number of ether oxygens (including phenoxy) is 1. The predicted octanol–water partition coefficient (Wildman–Crippen LogP) is 2.64. The zero-order valence-corrected chi connectivity index (χ0v) is 13.3. The van der Waals surface area contributed by atoms with Gasteiger partial charge in [0.25, 0.3) is 0 Å². The fourth-order valence-electron chi connectivity index (χ4n) is 1.98. The Morgan fingerprint density at radius 2 is 2.00 bits per heavy atom. The normalized spacial score (nSPS) is 10.7. The molecule has 0 saturated heterocycles. The summed E-state index contributed by atoms with van der Waals surface area (Å²) in [5, 5.41) is 3.38. The Morgan fingerprint density at radius 3 is 2.70 bits per heavy atom. The topological polar surface area (TPSA) is 77.2 Å². The number of carbonyl (C=O) groups is 1. The van der Waals surface area contributed by atoms with Gasteiger partial charge in [0.15, 0.2) is 5.03 Å². The minimum Gasteiger partial charge on any atom is -0.479 e. The third-order valence-corrected chi connectivity index (χ3v) is 4.03. The van der Waals surface area contributed by atoms with Crippen LogP contribution in [0.3, 0.4) is 0 Å². The molecule has 0 atom stereocenters. The second kappa shape index (κ2) is 7.15. The molecular weight excluding hydrogens is 314 g/mol. The number of benzene rings is 1. The molecule has 0 bridgehead atoms. The Hall–Kier alpha value is -2.54. The van der Waals surface area contributed by atoms with Gasteiger partial charge < -0.3 is 14.5 Å². The molecule has 7 heteroatoms. The second-order valence-electron chi connectivity index (χ2n) is 4.67. The van der Waals surface area contributed by atoms with Gasteiger partial charge in [0.2, 0.25) is 11.8 Å². The highest BCUT2D eigenvalue weighted by molar-refractivity contribution is 8.00. The van der Waals surface area contributed by atoms with Crippen LogP contribution in [0.2, 0.25) is 0 Å². The van der Waals surface area contributed by atoms with Gasteiger partial charge in [0.05, 0.1) is 36.7 Å². The maximum absolute atomic E-state index is 11.9. The largest absolute Gasteiger partial charge is 0.479 e. The summed E-state index contributed by atoms with van der Waals surface area (Å²) in [6, 6.07) is 11.1. The molecule has 0 saturated carbocycles. The predicted molar refractivity (Wildman–Crippen MR) is 87.4 cm³/mol. The van der Waals surface area contributed by atoms with Gasteiger partial charge in [-0.05, 0) is 24.3 Å². The van der Waals surface area contributed by atoms with Crippen LogP contribution in [0.1, 0.15) is 5.76 Å². The molecule has 1 amide bonds. The van der Waals surface area contributed by atoms with Crippen LogP contribution in [0.15, 0.2) is 52.1 Å². The summed E-state index contributed by atoms with van der Waals surface area (Å²) in [7, 11) is 1.54. The van der Waals surface area contributed by atoms with Gasteiger partial charge >= 0.3 is 0 Å². The Labute approximate surface area is 137 Å². The van der Waals surface area contributed by atoms with E-state index in [0.717, 1.165) is 11.0 Å². The molecule has 2 aromatic heterocycles. The average molecular weight is 329 g/mol. The number of fused-ring (bicyclic) bond motifs is 1. The summed E-state index contributed by atoms with van der Waals surface area (Å²) in [6.45, 7) is 0.368. The Morgan fingerprint density at radius 1 is 1.22 bits per heavy atom. The van der Waals surface area contributed by atoms with Crippen LogP contribution < -0.4 is 10.1 Å². The number of furan rings is 1. The van der Waals surface area contributed by atoms with Gasteiger partial charge in [-0.1, -0.05) is 23.9 Å². The van der Waals surface area contributed by atoms with Crippen LogP contribution >= 0.6 is 11.8 Å². The van der Waals surface area contributed by atoms with Crippen molar-refractivity contribution >= 4 is 28.7 Å². The van der Waals surface area contributed by atoms with Crippen molar-refractivity contribution < 1.29 is 13.9 Å². The van der Waals surface area contributed by atoms with Crippen molar-refractivity contribution in [2.45, 2.75) is 11.6 Å². The highest BCUT2D eigenvalue weighted by Crippen LogP contribution is 2.27. The van der Waals surface area contributed by atoms with E-state index in [2.05, 4.69) is 15.3 Å². The van der Waals surface area contributed by atoms with Crippen molar-refractivity contribution in [2.75, 3.05) is 12.9 Å². The smallest absolute Gasteiger partial charge is 0.247 e. The molecule has 0 aliphatic carbocycles. The van der Waals surface area contributed by atoms with Crippen LogP contribution in [-0.2, 0) is 11.3 Å². The molecule has 0 aliphatic rings. The number of amides is 1. The van der Waals surface area contributed by atoms with Gasteiger partial charge in [0.1, 0.15) is 5.76 Å². The van der Waals surface area contributed by atoms with Crippen molar-refractivity contribution in [3.05, 3.63) is 48.4 Å².